The Labute approximate surface area is 109 Å². The molecule has 0 saturated heterocycles. The standard InChI is InChI=1S/C14H17F4N/c15-12-5-3-10(4-6-12)8-13(19)7-1-2-11(9-13)14(16,17)18/h3-6,11H,1-2,7-9,19H2. The highest BCUT2D eigenvalue weighted by Crippen LogP contribution is 2.41. The molecule has 0 radical (unpaired) electrons. The van der Waals surface area contributed by atoms with E-state index in [4.69, 9.17) is 5.73 Å². The van der Waals surface area contributed by atoms with Crippen LogP contribution in [0.25, 0.3) is 0 Å². The van der Waals surface area contributed by atoms with Gasteiger partial charge < -0.3 is 5.73 Å². The predicted octanol–water partition coefficient (Wildman–Crippen LogP) is 3.82. The van der Waals surface area contributed by atoms with Crippen LogP contribution in [0.15, 0.2) is 24.3 Å². The molecule has 2 rings (SSSR count). The Morgan fingerprint density at radius 3 is 2.42 bits per heavy atom. The van der Waals surface area contributed by atoms with Crippen molar-refractivity contribution >= 4 is 0 Å². The third-order valence-corrected chi connectivity index (χ3v) is 3.81. The van der Waals surface area contributed by atoms with Crippen LogP contribution >= 0.6 is 0 Å². The van der Waals surface area contributed by atoms with Crippen molar-refractivity contribution in [2.24, 2.45) is 11.7 Å². The van der Waals surface area contributed by atoms with E-state index in [-0.39, 0.29) is 18.7 Å². The molecule has 1 aromatic carbocycles. The Bertz CT molecular complexity index is 426. The number of hydrogen-bond donors (Lipinski definition) is 1. The number of rotatable bonds is 2. The van der Waals surface area contributed by atoms with Gasteiger partial charge in [-0.15, -0.1) is 0 Å². The normalized spacial score (nSPS) is 28.4. The molecule has 1 nitrogen and oxygen atoms in total. The third-order valence-electron chi connectivity index (χ3n) is 3.81. The summed E-state index contributed by atoms with van der Waals surface area (Å²) in [5, 5.41) is 0. The van der Waals surface area contributed by atoms with Crippen molar-refractivity contribution in [3.63, 3.8) is 0 Å². The lowest BCUT2D eigenvalue weighted by Crippen LogP contribution is -2.48. The molecule has 1 fully saturated rings. The quantitative estimate of drug-likeness (QED) is 0.816. The van der Waals surface area contributed by atoms with E-state index in [1.807, 2.05) is 0 Å². The first-order chi connectivity index (χ1) is 8.78. The van der Waals surface area contributed by atoms with Gasteiger partial charge >= 0.3 is 6.18 Å². The monoisotopic (exact) mass is 275 g/mol. The number of nitrogens with two attached hydrogens (primary N) is 1. The van der Waals surface area contributed by atoms with Crippen molar-refractivity contribution < 1.29 is 17.6 Å². The Morgan fingerprint density at radius 1 is 1.21 bits per heavy atom. The van der Waals surface area contributed by atoms with Gasteiger partial charge in [-0.05, 0) is 43.4 Å². The molecule has 1 saturated carbocycles. The molecule has 2 N–H and O–H groups in total. The molecule has 0 aliphatic heterocycles. The van der Waals surface area contributed by atoms with E-state index in [1.165, 1.54) is 12.1 Å². The minimum atomic E-state index is -4.17. The SMILES string of the molecule is NC1(Cc2ccc(F)cc2)CCCC(C(F)(F)F)C1. The van der Waals surface area contributed by atoms with Gasteiger partial charge in [-0.2, -0.15) is 13.2 Å². The van der Waals surface area contributed by atoms with Crippen LogP contribution in [0, 0.1) is 11.7 Å². The van der Waals surface area contributed by atoms with E-state index < -0.39 is 17.6 Å². The Kier molecular flexibility index (Phi) is 3.85. The first-order valence-corrected chi connectivity index (χ1v) is 6.39. The number of alkyl halides is 3. The molecule has 5 heteroatoms. The molecule has 0 heterocycles. The summed E-state index contributed by atoms with van der Waals surface area (Å²) in [4.78, 5) is 0. The van der Waals surface area contributed by atoms with E-state index in [0.29, 0.717) is 19.3 Å². The Morgan fingerprint density at radius 2 is 1.84 bits per heavy atom. The summed E-state index contributed by atoms with van der Waals surface area (Å²) in [6.45, 7) is 0. The van der Waals surface area contributed by atoms with E-state index in [2.05, 4.69) is 0 Å². The van der Waals surface area contributed by atoms with Crippen molar-refractivity contribution in [3.8, 4) is 0 Å². The molecule has 0 bridgehead atoms. The van der Waals surface area contributed by atoms with Crippen LogP contribution in [0.1, 0.15) is 31.2 Å². The lowest BCUT2D eigenvalue weighted by atomic mass is 9.73. The molecular formula is C14H17F4N. The first-order valence-electron chi connectivity index (χ1n) is 6.39. The van der Waals surface area contributed by atoms with Gasteiger partial charge in [-0.25, -0.2) is 4.39 Å². The second kappa shape index (κ2) is 5.12. The minimum Gasteiger partial charge on any atom is -0.325 e. The fraction of sp³-hybridized carbons (Fsp3) is 0.571. The molecule has 19 heavy (non-hydrogen) atoms. The van der Waals surface area contributed by atoms with Crippen LogP contribution in [-0.2, 0) is 6.42 Å². The highest BCUT2D eigenvalue weighted by molar-refractivity contribution is 5.19. The molecule has 1 aromatic rings. The zero-order chi connectivity index (χ0) is 14.1. The van der Waals surface area contributed by atoms with Crippen LogP contribution in [0.5, 0.6) is 0 Å². The number of halogens is 4. The smallest absolute Gasteiger partial charge is 0.325 e. The fourth-order valence-electron chi connectivity index (χ4n) is 2.84. The van der Waals surface area contributed by atoms with Crippen molar-refractivity contribution in [3.05, 3.63) is 35.6 Å². The summed E-state index contributed by atoms with van der Waals surface area (Å²) >= 11 is 0. The minimum absolute atomic E-state index is 0.0477. The Balaban J connectivity index is 2.07. The van der Waals surface area contributed by atoms with Crippen LogP contribution in [0.4, 0.5) is 17.6 Å². The van der Waals surface area contributed by atoms with Gasteiger partial charge in [-0.3, -0.25) is 0 Å². The lowest BCUT2D eigenvalue weighted by Gasteiger charge is -2.39. The highest BCUT2D eigenvalue weighted by Gasteiger charge is 2.46. The van der Waals surface area contributed by atoms with Crippen molar-refractivity contribution in [2.45, 2.75) is 43.8 Å². The van der Waals surface area contributed by atoms with Gasteiger partial charge in [0.05, 0.1) is 5.92 Å². The maximum absolute atomic E-state index is 12.8. The maximum atomic E-state index is 12.8. The third kappa shape index (κ3) is 3.69. The van der Waals surface area contributed by atoms with E-state index in [0.717, 1.165) is 5.56 Å². The van der Waals surface area contributed by atoms with Crippen molar-refractivity contribution in [2.75, 3.05) is 0 Å². The molecule has 0 aromatic heterocycles. The lowest BCUT2D eigenvalue weighted by molar-refractivity contribution is -0.187. The first kappa shape index (κ1) is 14.3. The second-order valence-corrected chi connectivity index (χ2v) is 5.50. The molecule has 1 aliphatic rings. The molecule has 2 atom stereocenters. The topological polar surface area (TPSA) is 26.0 Å². The van der Waals surface area contributed by atoms with Gasteiger partial charge in [0.15, 0.2) is 0 Å². The van der Waals surface area contributed by atoms with E-state index >= 15 is 0 Å². The number of hydrogen-bond acceptors (Lipinski definition) is 1. The van der Waals surface area contributed by atoms with Crippen molar-refractivity contribution in [1.82, 2.24) is 0 Å². The van der Waals surface area contributed by atoms with E-state index in [9.17, 15) is 17.6 Å². The van der Waals surface area contributed by atoms with Crippen molar-refractivity contribution in [1.29, 1.82) is 0 Å². The van der Waals surface area contributed by atoms with Gasteiger partial charge in [0.1, 0.15) is 5.82 Å². The molecular weight excluding hydrogens is 258 g/mol. The zero-order valence-electron chi connectivity index (χ0n) is 10.5. The second-order valence-electron chi connectivity index (χ2n) is 5.50. The predicted molar refractivity (Wildman–Crippen MR) is 65.0 cm³/mol. The molecule has 2 unspecified atom stereocenters. The summed E-state index contributed by atoms with van der Waals surface area (Å²) in [5.74, 6) is -1.67. The average Bonchev–Trinajstić information content (AvgIpc) is 2.31. The van der Waals surface area contributed by atoms with Crippen LogP contribution in [0.2, 0.25) is 0 Å². The summed E-state index contributed by atoms with van der Waals surface area (Å²) in [7, 11) is 0. The van der Waals surface area contributed by atoms with Crippen LogP contribution in [-0.4, -0.2) is 11.7 Å². The largest absolute Gasteiger partial charge is 0.391 e. The molecule has 1 aliphatic carbocycles. The summed E-state index contributed by atoms with van der Waals surface area (Å²) in [6.07, 6.45) is -2.63. The maximum Gasteiger partial charge on any atom is 0.391 e. The molecule has 0 amide bonds. The molecule has 106 valence electrons. The zero-order valence-corrected chi connectivity index (χ0v) is 10.5. The van der Waals surface area contributed by atoms with Crippen LogP contribution < -0.4 is 5.73 Å². The van der Waals surface area contributed by atoms with Gasteiger partial charge in [0.2, 0.25) is 0 Å². The van der Waals surface area contributed by atoms with Gasteiger partial charge in [0, 0.05) is 5.54 Å². The van der Waals surface area contributed by atoms with E-state index in [1.54, 1.807) is 12.1 Å². The van der Waals surface area contributed by atoms with Gasteiger partial charge in [-0.1, -0.05) is 18.6 Å². The summed E-state index contributed by atoms with van der Waals surface area (Å²) < 4.78 is 51.1. The molecule has 0 spiro atoms. The summed E-state index contributed by atoms with van der Waals surface area (Å²) in [6, 6.07) is 5.79. The highest BCUT2D eigenvalue weighted by atomic mass is 19.4. The fourth-order valence-corrected chi connectivity index (χ4v) is 2.84. The number of benzene rings is 1. The summed E-state index contributed by atoms with van der Waals surface area (Å²) in [5.41, 5.74) is 6.07. The average molecular weight is 275 g/mol. The van der Waals surface area contributed by atoms with Crippen LogP contribution in [0.3, 0.4) is 0 Å². The van der Waals surface area contributed by atoms with Gasteiger partial charge in [0.25, 0.3) is 0 Å². The Hall–Kier alpha value is -1.10.